The lowest BCUT2D eigenvalue weighted by Gasteiger charge is -2.19. The Morgan fingerprint density at radius 2 is 0.646 bits per heavy atom. The maximum atomic E-state index is 6.18. The van der Waals surface area contributed by atoms with E-state index in [-0.39, 0.29) is 0 Å². The third-order valence-electron chi connectivity index (χ3n) is 8.81. The van der Waals surface area contributed by atoms with Gasteiger partial charge in [-0.3, -0.25) is 0 Å². The normalized spacial score (nSPS) is 11.8. The molecule has 2 nitrogen and oxygen atoms in total. The lowest BCUT2D eigenvalue weighted by atomic mass is 9.85. The number of hydrogen-bond acceptors (Lipinski definition) is 2. The first-order valence-corrected chi connectivity index (χ1v) is 20.3. The van der Waals surface area contributed by atoms with Crippen LogP contribution >= 0.6 is 31.9 Å². The Hall–Kier alpha value is -2.82. The van der Waals surface area contributed by atoms with Crippen LogP contribution in [0.3, 0.4) is 0 Å². The van der Waals surface area contributed by atoms with Gasteiger partial charge < -0.3 is 9.47 Å². The Bertz CT molecular complexity index is 1360. The number of ether oxygens (including phenoxy) is 2. The molecule has 4 aromatic rings. The van der Waals surface area contributed by atoms with E-state index in [1.54, 1.807) is 0 Å². The summed E-state index contributed by atoms with van der Waals surface area (Å²) >= 11 is 7.05. The fourth-order valence-electron chi connectivity index (χ4n) is 5.97. The molecular weight excluding hydrogens is 720 g/mol. The smallest absolute Gasteiger partial charge is 0.119 e. The minimum atomic E-state index is 0.763. The van der Waals surface area contributed by atoms with E-state index in [4.69, 9.17) is 9.47 Å². The van der Waals surface area contributed by atoms with Gasteiger partial charge in [0.2, 0.25) is 0 Å². The van der Waals surface area contributed by atoms with Crippen LogP contribution in [0.2, 0.25) is 0 Å². The molecule has 256 valence electrons. The first-order chi connectivity index (χ1) is 23.6. The molecule has 4 rings (SSSR count). The molecule has 0 bridgehead atoms. The monoisotopic (exact) mass is 772 g/mol. The summed E-state index contributed by atoms with van der Waals surface area (Å²) in [5, 5.41) is 2.22. The van der Waals surface area contributed by atoms with Crippen molar-refractivity contribution in [2.45, 2.75) is 90.9 Å². The van der Waals surface area contributed by atoms with Gasteiger partial charge in [-0.15, -0.1) is 0 Å². The van der Waals surface area contributed by atoms with E-state index in [1.807, 2.05) is 0 Å². The second-order valence-corrected chi connectivity index (χ2v) is 14.4. The van der Waals surface area contributed by atoms with Crippen molar-refractivity contribution < 1.29 is 9.47 Å². The van der Waals surface area contributed by atoms with Gasteiger partial charge in [-0.05, 0) is 97.2 Å². The molecule has 48 heavy (non-hydrogen) atoms. The van der Waals surface area contributed by atoms with Gasteiger partial charge in [-0.25, -0.2) is 0 Å². The van der Waals surface area contributed by atoms with Crippen LogP contribution in [0.1, 0.15) is 110 Å². The van der Waals surface area contributed by atoms with Crippen molar-refractivity contribution in [1.82, 2.24) is 0 Å². The molecule has 0 saturated carbocycles. The molecule has 4 heteroatoms. The van der Waals surface area contributed by atoms with Crippen LogP contribution in [0.15, 0.2) is 97.1 Å². The number of rotatable bonds is 22. The Morgan fingerprint density at radius 3 is 0.958 bits per heavy atom. The van der Waals surface area contributed by atoms with E-state index >= 15 is 0 Å². The van der Waals surface area contributed by atoms with E-state index in [2.05, 4.69) is 143 Å². The van der Waals surface area contributed by atoms with Crippen LogP contribution in [0, 0.1) is 13.8 Å². The fraction of sp³-hybridized carbons (Fsp3) is 0.409. The summed E-state index contributed by atoms with van der Waals surface area (Å²) in [5.41, 5.74) is 9.66. The zero-order chi connectivity index (χ0) is 33.8. The predicted molar refractivity (Wildman–Crippen MR) is 214 cm³/mol. The van der Waals surface area contributed by atoms with E-state index in [1.165, 1.54) is 109 Å². The summed E-state index contributed by atoms with van der Waals surface area (Å²) < 4.78 is 12.4. The standard InChI is InChI=1S/C44H54Br2O2/c1-35-15-19-37(20-16-35)43(39-23-27-41(28-24-39)47-33-13-9-5-3-7-11-31-45)44(38-21-17-36(2)18-22-38)40-25-29-42(30-26-40)48-34-14-10-6-4-8-12-32-46/h15-30H,3-14,31-34H2,1-2H3/b44-43-. The minimum Gasteiger partial charge on any atom is -0.494 e. The number of benzene rings is 4. The topological polar surface area (TPSA) is 18.5 Å². The lowest BCUT2D eigenvalue weighted by molar-refractivity contribution is 0.304. The number of unbranched alkanes of at least 4 members (excludes halogenated alkanes) is 10. The molecule has 0 spiro atoms. The largest absolute Gasteiger partial charge is 0.494 e. The van der Waals surface area contributed by atoms with Crippen LogP contribution in [0.5, 0.6) is 11.5 Å². The maximum absolute atomic E-state index is 6.18. The van der Waals surface area contributed by atoms with Crippen LogP contribution in [-0.4, -0.2) is 23.9 Å². The van der Waals surface area contributed by atoms with Crippen molar-refractivity contribution in [3.63, 3.8) is 0 Å². The molecule has 0 atom stereocenters. The zero-order valence-corrected chi connectivity index (χ0v) is 32.3. The average Bonchev–Trinajstić information content (AvgIpc) is 3.11. The van der Waals surface area contributed by atoms with Gasteiger partial charge in [0.25, 0.3) is 0 Å². The van der Waals surface area contributed by atoms with Gasteiger partial charge in [0, 0.05) is 10.7 Å². The average molecular weight is 775 g/mol. The SMILES string of the molecule is Cc1ccc(/C(=C(\c2ccc(C)cc2)c2ccc(OCCCCCCCCBr)cc2)c2ccc(OCCCCCCCCBr)cc2)cc1. The summed E-state index contributed by atoms with van der Waals surface area (Å²) in [7, 11) is 0. The van der Waals surface area contributed by atoms with Crippen molar-refractivity contribution in [2.75, 3.05) is 23.9 Å². The quantitative estimate of drug-likeness (QED) is 0.0450. The van der Waals surface area contributed by atoms with E-state index in [0.717, 1.165) is 48.2 Å². The van der Waals surface area contributed by atoms with Gasteiger partial charge in [0.1, 0.15) is 11.5 Å². The zero-order valence-electron chi connectivity index (χ0n) is 29.1. The molecule has 0 aliphatic heterocycles. The third kappa shape index (κ3) is 12.9. The first kappa shape index (κ1) is 38.0. The summed E-state index contributed by atoms with van der Waals surface area (Å²) in [4.78, 5) is 0. The molecule has 0 saturated heterocycles. The highest BCUT2D eigenvalue weighted by Crippen LogP contribution is 2.38. The highest BCUT2D eigenvalue weighted by atomic mass is 79.9. The van der Waals surface area contributed by atoms with Crippen molar-refractivity contribution in [2.24, 2.45) is 0 Å². The van der Waals surface area contributed by atoms with Crippen LogP contribution in [-0.2, 0) is 0 Å². The number of alkyl halides is 2. The first-order valence-electron chi connectivity index (χ1n) is 18.1. The second kappa shape index (κ2) is 22.0. The highest BCUT2D eigenvalue weighted by molar-refractivity contribution is 9.09. The summed E-state index contributed by atoms with van der Waals surface area (Å²) in [6, 6.07) is 35.2. The number of halogens is 2. The molecule has 0 aliphatic carbocycles. The Balaban J connectivity index is 1.56. The van der Waals surface area contributed by atoms with Crippen LogP contribution in [0.25, 0.3) is 11.1 Å². The van der Waals surface area contributed by atoms with Crippen molar-refractivity contribution in [1.29, 1.82) is 0 Å². The minimum absolute atomic E-state index is 0.763. The number of hydrogen-bond donors (Lipinski definition) is 0. The van der Waals surface area contributed by atoms with Gasteiger partial charge in [0.05, 0.1) is 13.2 Å². The molecule has 4 aromatic carbocycles. The number of aryl methyl sites for hydroxylation is 2. The maximum Gasteiger partial charge on any atom is 0.119 e. The second-order valence-electron chi connectivity index (χ2n) is 12.8. The van der Waals surface area contributed by atoms with Gasteiger partial charge in [-0.1, -0.05) is 167 Å². The van der Waals surface area contributed by atoms with Crippen LogP contribution in [0.4, 0.5) is 0 Å². The molecule has 0 fully saturated rings. The Kier molecular flexibility index (Phi) is 17.4. The molecule has 0 radical (unpaired) electrons. The van der Waals surface area contributed by atoms with Gasteiger partial charge in [-0.2, -0.15) is 0 Å². The van der Waals surface area contributed by atoms with E-state index in [0.29, 0.717) is 0 Å². The predicted octanol–water partition coefficient (Wildman–Crippen LogP) is 13.5. The molecule has 0 amide bonds. The van der Waals surface area contributed by atoms with E-state index < -0.39 is 0 Å². The summed E-state index contributed by atoms with van der Waals surface area (Å²) in [6.45, 7) is 5.82. The van der Waals surface area contributed by atoms with Crippen molar-refractivity contribution >= 4 is 43.0 Å². The van der Waals surface area contributed by atoms with Crippen LogP contribution < -0.4 is 9.47 Å². The summed E-state index contributed by atoms with van der Waals surface area (Å²) in [5.74, 6) is 1.86. The summed E-state index contributed by atoms with van der Waals surface area (Å²) in [6.07, 6.45) is 15.0. The van der Waals surface area contributed by atoms with Crippen molar-refractivity contribution in [3.8, 4) is 11.5 Å². The lowest BCUT2D eigenvalue weighted by Crippen LogP contribution is -2.00. The van der Waals surface area contributed by atoms with E-state index in [9.17, 15) is 0 Å². The van der Waals surface area contributed by atoms with Gasteiger partial charge >= 0.3 is 0 Å². The fourth-order valence-corrected chi connectivity index (χ4v) is 6.77. The third-order valence-corrected chi connectivity index (χ3v) is 9.93. The molecule has 0 aromatic heterocycles. The molecule has 0 heterocycles. The highest BCUT2D eigenvalue weighted by Gasteiger charge is 2.17. The molecule has 0 unspecified atom stereocenters. The Morgan fingerprint density at radius 1 is 0.375 bits per heavy atom. The molecular formula is C44H54Br2O2. The molecule has 0 aliphatic rings. The van der Waals surface area contributed by atoms with Crippen molar-refractivity contribution in [3.05, 3.63) is 130 Å². The Labute approximate surface area is 307 Å². The molecule has 0 N–H and O–H groups in total. The van der Waals surface area contributed by atoms with Gasteiger partial charge in [0.15, 0.2) is 0 Å².